The van der Waals surface area contributed by atoms with Gasteiger partial charge in [0.15, 0.2) is 5.58 Å². The average Bonchev–Trinajstić information content (AvgIpc) is 3.35. The Balaban J connectivity index is 0.00000220. The molecule has 212 valence electrons. The predicted octanol–water partition coefficient (Wildman–Crippen LogP) is 7.03. The van der Waals surface area contributed by atoms with Gasteiger partial charge in [-0.15, -0.1) is 24.8 Å². The number of piperidine rings is 1. The minimum atomic E-state index is 0. The zero-order chi connectivity index (χ0) is 26.3. The number of hydrogen-bond acceptors (Lipinski definition) is 6. The largest absolute Gasteiger partial charge is 0.489 e. The van der Waals surface area contributed by atoms with Crippen LogP contribution in [0.2, 0.25) is 0 Å². The molecule has 0 saturated carbocycles. The summed E-state index contributed by atoms with van der Waals surface area (Å²) in [5, 5.41) is 14.6. The Bertz CT molecular complexity index is 1380. The molecule has 5 rings (SSSR count). The molecule has 0 aliphatic carbocycles. The van der Waals surface area contributed by atoms with Crippen LogP contribution < -0.4 is 4.74 Å². The Morgan fingerprint density at radius 2 is 1.73 bits per heavy atom. The lowest BCUT2D eigenvalue weighted by Gasteiger charge is -2.32. The lowest BCUT2D eigenvalue weighted by Crippen LogP contribution is -2.33. The van der Waals surface area contributed by atoms with Crippen LogP contribution in [0.5, 0.6) is 5.75 Å². The first-order valence-corrected chi connectivity index (χ1v) is 13.5. The van der Waals surface area contributed by atoms with Gasteiger partial charge in [-0.1, -0.05) is 47.6 Å². The van der Waals surface area contributed by atoms with Crippen LogP contribution in [0.1, 0.15) is 47.2 Å². The van der Waals surface area contributed by atoms with Gasteiger partial charge in [0.25, 0.3) is 0 Å². The fraction of sp³-hybridized carbons (Fsp3) is 0.375. The lowest BCUT2D eigenvalue weighted by molar-refractivity contribution is 0.172. The van der Waals surface area contributed by atoms with E-state index in [1.807, 2.05) is 24.3 Å². The fourth-order valence-electron chi connectivity index (χ4n) is 5.31. The van der Waals surface area contributed by atoms with Crippen LogP contribution in [0.15, 0.2) is 71.3 Å². The highest BCUT2D eigenvalue weighted by Gasteiger charge is 2.21. The van der Waals surface area contributed by atoms with Crippen LogP contribution in [0.3, 0.4) is 0 Å². The molecule has 1 saturated heterocycles. The Morgan fingerprint density at radius 1 is 1.00 bits per heavy atom. The molecule has 8 heteroatoms. The molecule has 1 aliphatic rings. The molecule has 0 N–H and O–H groups in total. The lowest BCUT2D eigenvalue weighted by atomic mass is 9.91. The highest BCUT2D eigenvalue weighted by atomic mass is 35.5. The van der Waals surface area contributed by atoms with Crippen molar-refractivity contribution in [3.8, 4) is 11.8 Å². The number of likely N-dealkylation sites (tertiary alicyclic amines) is 1. The van der Waals surface area contributed by atoms with Gasteiger partial charge in [0, 0.05) is 24.0 Å². The summed E-state index contributed by atoms with van der Waals surface area (Å²) in [6, 6.07) is 24.6. The van der Waals surface area contributed by atoms with Crippen molar-refractivity contribution in [2.75, 3.05) is 27.2 Å². The minimum Gasteiger partial charge on any atom is -0.489 e. The third-order valence-corrected chi connectivity index (χ3v) is 7.42. The van der Waals surface area contributed by atoms with E-state index in [9.17, 15) is 0 Å². The third kappa shape index (κ3) is 8.22. The van der Waals surface area contributed by atoms with Crippen molar-refractivity contribution in [2.45, 2.75) is 45.4 Å². The summed E-state index contributed by atoms with van der Waals surface area (Å²) in [5.74, 6) is 1.53. The number of nitriles is 1. The molecular formula is C32H38Cl2N4O2. The number of aromatic nitrogens is 1. The van der Waals surface area contributed by atoms with Crippen molar-refractivity contribution in [1.29, 1.82) is 5.26 Å². The van der Waals surface area contributed by atoms with Crippen LogP contribution in [0.4, 0.5) is 0 Å². The molecular weight excluding hydrogens is 543 g/mol. The summed E-state index contributed by atoms with van der Waals surface area (Å²) in [4.78, 5) is 4.70. The standard InChI is InChI=1S/C32H36N4O2.2ClH/c1-35(2)22-28-18-29(37-23-27-10-8-25(20-33)9-11-27)19-30-31(34-38-32(28)30)13-12-24-14-16-36(17-15-24)21-26-6-4-3-5-7-26;;/h3-11,18-19,24H,12-17,21-23H2,1-2H3;2*1H. The third-order valence-electron chi connectivity index (χ3n) is 7.42. The van der Waals surface area contributed by atoms with Gasteiger partial charge < -0.3 is 14.2 Å². The van der Waals surface area contributed by atoms with E-state index >= 15 is 0 Å². The van der Waals surface area contributed by atoms with E-state index in [1.54, 1.807) is 0 Å². The maximum atomic E-state index is 9.04. The summed E-state index contributed by atoms with van der Waals surface area (Å²) in [5.41, 5.74) is 6.04. The number of aryl methyl sites for hydroxylation is 1. The van der Waals surface area contributed by atoms with E-state index in [2.05, 4.69) is 77.6 Å². The highest BCUT2D eigenvalue weighted by Crippen LogP contribution is 2.31. The number of hydrogen-bond donors (Lipinski definition) is 0. The van der Waals surface area contributed by atoms with Crippen LogP contribution in [-0.2, 0) is 26.1 Å². The van der Waals surface area contributed by atoms with Crippen molar-refractivity contribution in [3.05, 3.63) is 94.7 Å². The molecule has 2 heterocycles. The van der Waals surface area contributed by atoms with Crippen LogP contribution >= 0.6 is 24.8 Å². The summed E-state index contributed by atoms with van der Waals surface area (Å²) >= 11 is 0. The molecule has 4 aromatic rings. The predicted molar refractivity (Wildman–Crippen MR) is 164 cm³/mol. The number of ether oxygens (including phenoxy) is 1. The second-order valence-corrected chi connectivity index (χ2v) is 10.7. The topological polar surface area (TPSA) is 65.5 Å². The summed E-state index contributed by atoms with van der Waals surface area (Å²) < 4.78 is 12.1. The molecule has 0 atom stereocenters. The molecule has 1 aromatic heterocycles. The smallest absolute Gasteiger partial charge is 0.171 e. The Kier molecular flexibility index (Phi) is 11.8. The van der Waals surface area contributed by atoms with Gasteiger partial charge in [-0.2, -0.15) is 5.26 Å². The maximum absolute atomic E-state index is 9.04. The van der Waals surface area contributed by atoms with E-state index in [1.165, 1.54) is 18.4 Å². The zero-order valence-corrected chi connectivity index (χ0v) is 24.8. The Hall–Kier alpha value is -3.08. The summed E-state index contributed by atoms with van der Waals surface area (Å²) in [6.07, 6.45) is 4.50. The van der Waals surface area contributed by atoms with Crippen LogP contribution in [0.25, 0.3) is 11.0 Å². The van der Waals surface area contributed by atoms with Gasteiger partial charge in [0.2, 0.25) is 0 Å². The SMILES string of the molecule is CN(C)Cc1cc(OCc2ccc(C#N)cc2)cc2c(CCC3CCN(Cc4ccccc4)CC3)noc12.Cl.Cl. The van der Waals surface area contributed by atoms with Gasteiger partial charge in [-0.05, 0) is 94.2 Å². The molecule has 1 aliphatic heterocycles. The number of rotatable bonds is 10. The number of fused-ring (bicyclic) bond motifs is 1. The second-order valence-electron chi connectivity index (χ2n) is 10.7. The van der Waals surface area contributed by atoms with Gasteiger partial charge in [-0.3, -0.25) is 4.90 Å². The molecule has 6 nitrogen and oxygen atoms in total. The first-order valence-electron chi connectivity index (χ1n) is 13.5. The zero-order valence-electron chi connectivity index (χ0n) is 23.2. The van der Waals surface area contributed by atoms with Crippen LogP contribution in [-0.4, -0.2) is 42.1 Å². The number of benzene rings is 3. The van der Waals surface area contributed by atoms with Gasteiger partial charge in [0.1, 0.15) is 12.4 Å². The molecule has 0 amide bonds. The van der Waals surface area contributed by atoms with E-state index < -0.39 is 0 Å². The Labute approximate surface area is 249 Å². The monoisotopic (exact) mass is 580 g/mol. The molecule has 0 spiro atoms. The molecule has 40 heavy (non-hydrogen) atoms. The molecule has 0 radical (unpaired) electrons. The minimum absolute atomic E-state index is 0. The first kappa shape index (κ1) is 31.4. The quantitative estimate of drug-likeness (QED) is 0.200. The van der Waals surface area contributed by atoms with Crippen molar-refractivity contribution in [1.82, 2.24) is 15.0 Å². The van der Waals surface area contributed by atoms with Crippen molar-refractivity contribution >= 4 is 35.8 Å². The van der Waals surface area contributed by atoms with E-state index in [4.69, 9.17) is 14.5 Å². The second kappa shape index (κ2) is 15.1. The summed E-state index contributed by atoms with van der Waals surface area (Å²) in [6.45, 7) is 4.54. The first-order chi connectivity index (χ1) is 18.6. The van der Waals surface area contributed by atoms with Gasteiger partial charge >= 0.3 is 0 Å². The van der Waals surface area contributed by atoms with Gasteiger partial charge in [-0.25, -0.2) is 0 Å². The average molecular weight is 582 g/mol. The number of nitrogens with zero attached hydrogens (tertiary/aromatic N) is 4. The van der Waals surface area contributed by atoms with Gasteiger partial charge in [0.05, 0.1) is 17.3 Å². The Morgan fingerprint density at radius 3 is 2.40 bits per heavy atom. The van der Waals surface area contributed by atoms with E-state index in [0.717, 1.165) is 72.6 Å². The molecule has 0 bridgehead atoms. The number of halogens is 2. The molecule has 1 fully saturated rings. The van der Waals surface area contributed by atoms with Crippen molar-refractivity contribution in [3.63, 3.8) is 0 Å². The maximum Gasteiger partial charge on any atom is 0.171 e. The van der Waals surface area contributed by atoms with Crippen molar-refractivity contribution < 1.29 is 9.26 Å². The normalized spacial score (nSPS) is 13.9. The summed E-state index contributed by atoms with van der Waals surface area (Å²) in [7, 11) is 4.11. The van der Waals surface area contributed by atoms with Crippen molar-refractivity contribution in [2.24, 2.45) is 5.92 Å². The molecule has 3 aromatic carbocycles. The highest BCUT2D eigenvalue weighted by molar-refractivity contribution is 5.86. The van der Waals surface area contributed by atoms with Crippen LogP contribution in [0, 0.1) is 17.2 Å². The van der Waals surface area contributed by atoms with E-state index in [0.29, 0.717) is 18.1 Å². The molecule has 0 unspecified atom stereocenters. The fourth-order valence-corrected chi connectivity index (χ4v) is 5.31. The van der Waals surface area contributed by atoms with E-state index in [-0.39, 0.29) is 24.8 Å².